The summed E-state index contributed by atoms with van der Waals surface area (Å²) in [6, 6.07) is 9.03. The third-order valence-electron chi connectivity index (χ3n) is 7.10. The zero-order chi connectivity index (χ0) is 20.2. The van der Waals surface area contributed by atoms with Gasteiger partial charge in [-0.1, -0.05) is 43.3 Å². The number of rotatable bonds is 4. The Hall–Kier alpha value is -2.36. The quantitative estimate of drug-likeness (QED) is 0.754. The van der Waals surface area contributed by atoms with E-state index in [-0.39, 0.29) is 5.91 Å². The Kier molecular flexibility index (Phi) is 6.17. The molecule has 4 rings (SSSR count). The molecule has 0 bridgehead atoms. The SMILES string of the molecule is C=C1CCCc2ccccc2C(C2CCN(C(=O)CCc3cnc[nH]3)CC2)C1C. The topological polar surface area (TPSA) is 49.0 Å². The van der Waals surface area contributed by atoms with Crippen LogP contribution in [0.4, 0.5) is 0 Å². The van der Waals surface area contributed by atoms with Gasteiger partial charge in [0.2, 0.25) is 5.91 Å². The molecule has 2 heterocycles. The number of carbonyl (C=O) groups is 1. The number of aromatic amines is 1. The van der Waals surface area contributed by atoms with Crippen LogP contribution in [0.25, 0.3) is 0 Å². The van der Waals surface area contributed by atoms with Crippen molar-refractivity contribution in [2.75, 3.05) is 13.1 Å². The molecular weight excluding hydrogens is 358 g/mol. The Bertz CT molecular complexity index is 834. The van der Waals surface area contributed by atoms with E-state index >= 15 is 0 Å². The van der Waals surface area contributed by atoms with Gasteiger partial charge in [0.25, 0.3) is 0 Å². The second-order valence-corrected chi connectivity index (χ2v) is 8.82. The average Bonchev–Trinajstić information content (AvgIpc) is 3.26. The van der Waals surface area contributed by atoms with Crippen molar-refractivity contribution in [2.45, 2.75) is 57.8 Å². The highest BCUT2D eigenvalue weighted by Gasteiger charge is 2.35. The summed E-state index contributed by atoms with van der Waals surface area (Å²) in [5.74, 6) is 1.93. The number of piperidine rings is 1. The zero-order valence-corrected chi connectivity index (χ0v) is 17.6. The lowest BCUT2D eigenvalue weighted by Gasteiger charge is -2.41. The number of carbonyl (C=O) groups excluding carboxylic acids is 1. The van der Waals surface area contributed by atoms with Gasteiger partial charge in [0, 0.05) is 31.4 Å². The molecule has 2 unspecified atom stereocenters. The lowest BCUT2D eigenvalue weighted by molar-refractivity contribution is -0.132. The third kappa shape index (κ3) is 4.47. The van der Waals surface area contributed by atoms with E-state index in [1.165, 1.54) is 23.1 Å². The number of benzene rings is 1. The fourth-order valence-corrected chi connectivity index (χ4v) is 5.34. The van der Waals surface area contributed by atoms with Crippen molar-refractivity contribution >= 4 is 5.91 Å². The van der Waals surface area contributed by atoms with Crippen LogP contribution in [0.1, 0.15) is 61.8 Å². The molecule has 4 heteroatoms. The van der Waals surface area contributed by atoms with Gasteiger partial charge in [0.15, 0.2) is 0 Å². The van der Waals surface area contributed by atoms with E-state index in [1.807, 2.05) is 0 Å². The number of hydrogen-bond acceptors (Lipinski definition) is 2. The maximum Gasteiger partial charge on any atom is 0.222 e. The number of amides is 1. The predicted octanol–water partition coefficient (Wildman–Crippen LogP) is 4.89. The number of aromatic nitrogens is 2. The number of nitrogens with one attached hydrogen (secondary N) is 1. The van der Waals surface area contributed by atoms with Gasteiger partial charge in [-0.25, -0.2) is 4.98 Å². The van der Waals surface area contributed by atoms with E-state index in [0.29, 0.717) is 24.2 Å². The van der Waals surface area contributed by atoms with Gasteiger partial charge in [-0.05, 0) is 67.4 Å². The van der Waals surface area contributed by atoms with Gasteiger partial charge < -0.3 is 9.88 Å². The molecule has 1 N–H and O–H groups in total. The van der Waals surface area contributed by atoms with Crippen LogP contribution in [0.3, 0.4) is 0 Å². The minimum absolute atomic E-state index is 0.272. The van der Waals surface area contributed by atoms with Crippen LogP contribution in [0, 0.1) is 11.8 Å². The highest BCUT2D eigenvalue weighted by atomic mass is 16.2. The van der Waals surface area contributed by atoms with Crippen LogP contribution in [0.15, 0.2) is 48.9 Å². The third-order valence-corrected chi connectivity index (χ3v) is 7.10. The van der Waals surface area contributed by atoms with E-state index in [0.717, 1.165) is 50.9 Å². The van der Waals surface area contributed by atoms with Crippen molar-refractivity contribution < 1.29 is 4.79 Å². The number of nitrogens with zero attached hydrogens (tertiary/aromatic N) is 2. The summed E-state index contributed by atoms with van der Waals surface area (Å²) in [5.41, 5.74) is 5.49. The Morgan fingerprint density at radius 3 is 2.79 bits per heavy atom. The molecular formula is C25H33N3O. The van der Waals surface area contributed by atoms with Crippen molar-refractivity contribution in [1.29, 1.82) is 0 Å². The summed E-state index contributed by atoms with van der Waals surface area (Å²) in [6.45, 7) is 8.56. The molecule has 0 spiro atoms. The predicted molar refractivity (Wildman–Crippen MR) is 117 cm³/mol. The molecule has 1 saturated heterocycles. The molecule has 154 valence electrons. The number of hydrogen-bond donors (Lipinski definition) is 1. The summed E-state index contributed by atoms with van der Waals surface area (Å²) >= 11 is 0. The van der Waals surface area contributed by atoms with Crippen molar-refractivity contribution in [3.8, 4) is 0 Å². The summed E-state index contributed by atoms with van der Waals surface area (Å²) in [7, 11) is 0. The molecule has 2 atom stereocenters. The molecule has 29 heavy (non-hydrogen) atoms. The molecule has 4 nitrogen and oxygen atoms in total. The van der Waals surface area contributed by atoms with Gasteiger partial charge in [-0.15, -0.1) is 0 Å². The number of likely N-dealkylation sites (tertiary alicyclic amines) is 1. The van der Waals surface area contributed by atoms with E-state index in [4.69, 9.17) is 0 Å². The molecule has 1 aromatic carbocycles. The lowest BCUT2D eigenvalue weighted by Crippen LogP contribution is -2.41. The van der Waals surface area contributed by atoms with Gasteiger partial charge in [-0.3, -0.25) is 4.79 Å². The largest absolute Gasteiger partial charge is 0.348 e. The number of imidazole rings is 1. The standard InChI is InChI=1S/C25H33N3O/c1-18-6-5-8-20-7-3-4-9-23(20)25(19(18)2)21-12-14-28(15-13-21)24(29)11-10-22-16-26-17-27-22/h3-4,7,9,16-17,19,21,25H,1,5-6,8,10-15H2,2H3,(H,26,27). The highest BCUT2D eigenvalue weighted by Crippen LogP contribution is 2.44. The maximum atomic E-state index is 12.7. The summed E-state index contributed by atoms with van der Waals surface area (Å²) in [5, 5.41) is 0. The summed E-state index contributed by atoms with van der Waals surface area (Å²) < 4.78 is 0. The number of fused-ring (bicyclic) bond motifs is 1. The van der Waals surface area contributed by atoms with Crippen molar-refractivity contribution in [3.05, 3.63) is 65.8 Å². The molecule has 0 saturated carbocycles. The monoisotopic (exact) mass is 391 g/mol. The number of allylic oxidation sites excluding steroid dienone is 1. The van der Waals surface area contributed by atoms with Gasteiger partial charge in [0.1, 0.15) is 0 Å². The summed E-state index contributed by atoms with van der Waals surface area (Å²) in [4.78, 5) is 21.9. The molecule has 0 radical (unpaired) electrons. The first-order valence-electron chi connectivity index (χ1n) is 11.1. The minimum atomic E-state index is 0.272. The lowest BCUT2D eigenvalue weighted by atomic mass is 9.68. The normalized spacial score (nSPS) is 23.3. The van der Waals surface area contributed by atoms with Crippen molar-refractivity contribution in [1.82, 2.24) is 14.9 Å². The average molecular weight is 392 g/mol. The molecule has 1 aliphatic heterocycles. The Labute approximate surface area is 174 Å². The van der Waals surface area contributed by atoms with Crippen LogP contribution < -0.4 is 0 Å². The Morgan fingerprint density at radius 2 is 2.03 bits per heavy atom. The van der Waals surface area contributed by atoms with Crippen LogP contribution >= 0.6 is 0 Å². The molecule has 1 aromatic heterocycles. The minimum Gasteiger partial charge on any atom is -0.348 e. The molecule has 2 aromatic rings. The molecule has 1 amide bonds. The van der Waals surface area contributed by atoms with Crippen molar-refractivity contribution in [2.24, 2.45) is 11.8 Å². The number of H-pyrrole nitrogens is 1. The van der Waals surface area contributed by atoms with Crippen LogP contribution in [0.2, 0.25) is 0 Å². The first-order chi connectivity index (χ1) is 14.1. The molecule has 1 aliphatic carbocycles. The second-order valence-electron chi connectivity index (χ2n) is 8.82. The molecule has 2 aliphatic rings. The smallest absolute Gasteiger partial charge is 0.222 e. The van der Waals surface area contributed by atoms with E-state index in [9.17, 15) is 4.79 Å². The highest BCUT2D eigenvalue weighted by molar-refractivity contribution is 5.76. The van der Waals surface area contributed by atoms with Gasteiger partial charge in [-0.2, -0.15) is 0 Å². The van der Waals surface area contributed by atoms with E-state index in [1.54, 1.807) is 12.5 Å². The zero-order valence-electron chi connectivity index (χ0n) is 17.6. The van der Waals surface area contributed by atoms with Gasteiger partial charge >= 0.3 is 0 Å². The summed E-state index contributed by atoms with van der Waals surface area (Å²) in [6.07, 6.45) is 10.5. The number of aryl methyl sites for hydroxylation is 2. The van der Waals surface area contributed by atoms with Crippen molar-refractivity contribution in [3.63, 3.8) is 0 Å². The Balaban J connectivity index is 1.42. The molecule has 1 fully saturated rings. The first-order valence-corrected chi connectivity index (χ1v) is 11.1. The van der Waals surface area contributed by atoms with E-state index in [2.05, 4.69) is 52.6 Å². The van der Waals surface area contributed by atoms with Crippen LogP contribution in [-0.4, -0.2) is 33.9 Å². The Morgan fingerprint density at radius 1 is 1.24 bits per heavy atom. The first kappa shape index (κ1) is 19.9. The second kappa shape index (κ2) is 8.98. The van der Waals surface area contributed by atoms with E-state index < -0.39 is 0 Å². The fraction of sp³-hybridized carbons (Fsp3) is 0.520. The van der Waals surface area contributed by atoms with Crippen LogP contribution in [-0.2, 0) is 17.6 Å². The fourth-order valence-electron chi connectivity index (χ4n) is 5.34. The van der Waals surface area contributed by atoms with Crippen LogP contribution in [0.5, 0.6) is 0 Å². The maximum absolute atomic E-state index is 12.7. The van der Waals surface area contributed by atoms with Gasteiger partial charge in [0.05, 0.1) is 6.33 Å².